The van der Waals surface area contributed by atoms with Gasteiger partial charge in [0.15, 0.2) is 0 Å². The molecule has 0 aliphatic rings. The zero-order valence-corrected chi connectivity index (χ0v) is 14.7. The molecule has 0 spiro atoms. The summed E-state index contributed by atoms with van der Waals surface area (Å²) in [5.74, 6) is 0.645. The van der Waals surface area contributed by atoms with E-state index in [9.17, 15) is 4.79 Å². The van der Waals surface area contributed by atoms with Crippen LogP contribution in [0.1, 0.15) is 21.5 Å². The van der Waals surface area contributed by atoms with Crippen molar-refractivity contribution in [1.29, 1.82) is 0 Å². The van der Waals surface area contributed by atoms with Crippen LogP contribution in [-0.2, 0) is 12.8 Å². The summed E-state index contributed by atoms with van der Waals surface area (Å²) in [5.41, 5.74) is 3.11. The minimum absolute atomic E-state index is 0.0746. The molecule has 0 saturated carbocycles. The van der Waals surface area contributed by atoms with E-state index in [0.717, 1.165) is 25.2 Å². The van der Waals surface area contributed by atoms with Gasteiger partial charge in [-0.25, -0.2) is 4.98 Å². The first kappa shape index (κ1) is 17.7. The predicted molar refractivity (Wildman–Crippen MR) is 105 cm³/mol. The molecule has 2 aromatic carbocycles. The van der Waals surface area contributed by atoms with Gasteiger partial charge in [-0.2, -0.15) is 0 Å². The van der Waals surface area contributed by atoms with Gasteiger partial charge in [0.2, 0.25) is 0 Å². The van der Waals surface area contributed by atoms with Crippen molar-refractivity contribution in [3.8, 4) is 0 Å². The second kappa shape index (κ2) is 9.37. The van der Waals surface area contributed by atoms with Crippen molar-refractivity contribution in [3.05, 3.63) is 95.7 Å². The number of nitrogens with zero attached hydrogens (tertiary/aromatic N) is 1. The number of nitrogens with one attached hydrogen (secondary N) is 2. The van der Waals surface area contributed by atoms with Crippen LogP contribution in [0.5, 0.6) is 0 Å². The highest BCUT2D eigenvalue weighted by Gasteiger charge is 2.06. The molecule has 0 atom stereocenters. The van der Waals surface area contributed by atoms with Crippen LogP contribution in [0.15, 0.2) is 79.0 Å². The van der Waals surface area contributed by atoms with Gasteiger partial charge >= 0.3 is 0 Å². The third kappa shape index (κ3) is 5.45. The summed E-state index contributed by atoms with van der Waals surface area (Å²) in [7, 11) is 0. The van der Waals surface area contributed by atoms with Crippen molar-refractivity contribution in [2.45, 2.75) is 12.8 Å². The Morgan fingerprint density at radius 1 is 0.808 bits per heavy atom. The third-order valence-corrected chi connectivity index (χ3v) is 4.13. The summed E-state index contributed by atoms with van der Waals surface area (Å²) in [6, 6.07) is 24.0. The molecule has 3 rings (SSSR count). The van der Waals surface area contributed by atoms with Crippen LogP contribution < -0.4 is 10.6 Å². The van der Waals surface area contributed by atoms with Crippen LogP contribution in [0.4, 0.5) is 5.82 Å². The zero-order chi connectivity index (χ0) is 18.0. The maximum Gasteiger partial charge on any atom is 0.251 e. The summed E-state index contributed by atoms with van der Waals surface area (Å²) in [4.78, 5) is 16.6. The SMILES string of the molecule is O=C(NCCc1ccccc1)c1ccnc(NCCc2ccccc2)c1. The Bertz CT molecular complexity index is 819. The molecule has 3 aromatic rings. The van der Waals surface area contributed by atoms with Crippen LogP contribution in [0.25, 0.3) is 0 Å². The average Bonchev–Trinajstić information content (AvgIpc) is 2.70. The van der Waals surface area contributed by atoms with E-state index in [1.165, 1.54) is 11.1 Å². The first-order valence-electron chi connectivity index (χ1n) is 8.87. The fourth-order valence-corrected chi connectivity index (χ4v) is 2.72. The Morgan fingerprint density at radius 3 is 2.08 bits per heavy atom. The molecule has 0 saturated heterocycles. The standard InChI is InChI=1S/C22H23N3O/c26-22(25-15-12-19-9-5-2-6-10-19)20-13-16-24-21(17-20)23-14-11-18-7-3-1-4-8-18/h1-10,13,16-17H,11-12,14-15H2,(H,23,24)(H,25,26). The first-order chi connectivity index (χ1) is 12.8. The minimum atomic E-state index is -0.0746. The molecule has 0 aliphatic heterocycles. The molecule has 0 fully saturated rings. The average molecular weight is 345 g/mol. The lowest BCUT2D eigenvalue weighted by Gasteiger charge is -2.08. The predicted octanol–water partition coefficient (Wildman–Crippen LogP) is 3.71. The number of carbonyl (C=O) groups excluding carboxylic acids is 1. The van der Waals surface area contributed by atoms with E-state index >= 15 is 0 Å². The maximum atomic E-state index is 12.3. The Hall–Kier alpha value is -3.14. The van der Waals surface area contributed by atoms with Crippen LogP contribution in [-0.4, -0.2) is 24.0 Å². The normalized spacial score (nSPS) is 10.3. The number of hydrogen-bond donors (Lipinski definition) is 2. The quantitative estimate of drug-likeness (QED) is 0.654. The smallest absolute Gasteiger partial charge is 0.251 e. The van der Waals surface area contributed by atoms with Gasteiger partial charge in [-0.05, 0) is 36.1 Å². The van der Waals surface area contributed by atoms with Gasteiger partial charge in [0.1, 0.15) is 5.82 Å². The molecule has 2 N–H and O–H groups in total. The van der Waals surface area contributed by atoms with Gasteiger partial charge in [-0.15, -0.1) is 0 Å². The second-order valence-corrected chi connectivity index (χ2v) is 6.08. The molecule has 1 amide bonds. The lowest BCUT2D eigenvalue weighted by molar-refractivity contribution is 0.0954. The number of carbonyl (C=O) groups is 1. The number of benzene rings is 2. The Morgan fingerprint density at radius 2 is 1.42 bits per heavy atom. The fraction of sp³-hybridized carbons (Fsp3) is 0.182. The Labute approximate surface area is 154 Å². The van der Waals surface area contributed by atoms with E-state index in [2.05, 4.69) is 39.9 Å². The van der Waals surface area contributed by atoms with Crippen molar-refractivity contribution in [1.82, 2.24) is 10.3 Å². The Kier molecular flexibility index (Phi) is 6.37. The number of amides is 1. The number of anilines is 1. The monoisotopic (exact) mass is 345 g/mol. The molecule has 0 aliphatic carbocycles. The molecule has 1 heterocycles. The highest BCUT2D eigenvalue weighted by atomic mass is 16.1. The lowest BCUT2D eigenvalue weighted by Crippen LogP contribution is -2.25. The van der Waals surface area contributed by atoms with E-state index in [0.29, 0.717) is 12.1 Å². The number of aromatic nitrogens is 1. The summed E-state index contributed by atoms with van der Waals surface area (Å²) >= 11 is 0. The van der Waals surface area contributed by atoms with Crippen molar-refractivity contribution in [2.75, 3.05) is 18.4 Å². The first-order valence-corrected chi connectivity index (χ1v) is 8.87. The topological polar surface area (TPSA) is 54.0 Å². The molecule has 0 bridgehead atoms. The van der Waals surface area contributed by atoms with Crippen molar-refractivity contribution >= 4 is 11.7 Å². The molecule has 26 heavy (non-hydrogen) atoms. The van der Waals surface area contributed by atoms with Gasteiger partial charge < -0.3 is 10.6 Å². The summed E-state index contributed by atoms with van der Waals surface area (Å²) < 4.78 is 0. The summed E-state index contributed by atoms with van der Waals surface area (Å²) in [5, 5.41) is 6.24. The van der Waals surface area contributed by atoms with Gasteiger partial charge in [0, 0.05) is 24.8 Å². The molecular weight excluding hydrogens is 322 g/mol. The Balaban J connectivity index is 1.47. The van der Waals surface area contributed by atoms with Crippen LogP contribution in [0, 0.1) is 0 Å². The van der Waals surface area contributed by atoms with Crippen LogP contribution in [0.3, 0.4) is 0 Å². The number of rotatable bonds is 8. The molecule has 132 valence electrons. The molecule has 4 nitrogen and oxygen atoms in total. The van der Waals surface area contributed by atoms with E-state index in [1.807, 2.05) is 36.4 Å². The molecule has 0 unspecified atom stereocenters. The van der Waals surface area contributed by atoms with E-state index in [-0.39, 0.29) is 5.91 Å². The van der Waals surface area contributed by atoms with Gasteiger partial charge in [-0.1, -0.05) is 60.7 Å². The molecular formula is C22H23N3O. The van der Waals surface area contributed by atoms with E-state index in [4.69, 9.17) is 0 Å². The minimum Gasteiger partial charge on any atom is -0.370 e. The largest absolute Gasteiger partial charge is 0.370 e. The van der Waals surface area contributed by atoms with Crippen molar-refractivity contribution < 1.29 is 4.79 Å². The highest BCUT2D eigenvalue weighted by molar-refractivity contribution is 5.94. The van der Waals surface area contributed by atoms with Gasteiger partial charge in [0.25, 0.3) is 5.91 Å². The van der Waals surface area contributed by atoms with Crippen LogP contribution in [0.2, 0.25) is 0 Å². The van der Waals surface area contributed by atoms with E-state index < -0.39 is 0 Å². The molecule has 0 radical (unpaired) electrons. The molecule has 4 heteroatoms. The number of hydrogen-bond acceptors (Lipinski definition) is 3. The molecule has 1 aromatic heterocycles. The maximum absolute atomic E-state index is 12.3. The van der Waals surface area contributed by atoms with E-state index in [1.54, 1.807) is 18.3 Å². The summed E-state index contributed by atoms with van der Waals surface area (Å²) in [6.07, 6.45) is 3.40. The lowest BCUT2D eigenvalue weighted by atomic mass is 10.1. The number of pyridine rings is 1. The zero-order valence-electron chi connectivity index (χ0n) is 14.7. The van der Waals surface area contributed by atoms with Crippen molar-refractivity contribution in [3.63, 3.8) is 0 Å². The van der Waals surface area contributed by atoms with Crippen molar-refractivity contribution in [2.24, 2.45) is 0 Å². The summed E-state index contributed by atoms with van der Waals surface area (Å²) in [6.45, 7) is 1.39. The fourth-order valence-electron chi connectivity index (χ4n) is 2.72. The second-order valence-electron chi connectivity index (χ2n) is 6.08. The van der Waals surface area contributed by atoms with Gasteiger partial charge in [0.05, 0.1) is 0 Å². The highest BCUT2D eigenvalue weighted by Crippen LogP contribution is 2.08. The van der Waals surface area contributed by atoms with Gasteiger partial charge in [-0.3, -0.25) is 4.79 Å². The third-order valence-electron chi connectivity index (χ3n) is 4.13. The van der Waals surface area contributed by atoms with Crippen LogP contribution >= 0.6 is 0 Å².